The minimum atomic E-state index is 0.133. The van der Waals surface area contributed by atoms with E-state index >= 15 is 0 Å². The second kappa shape index (κ2) is 7.71. The number of aromatic nitrogens is 1. The fourth-order valence-electron chi connectivity index (χ4n) is 3.58. The molecule has 1 aromatic carbocycles. The lowest BCUT2D eigenvalue weighted by Gasteiger charge is -2.22. The van der Waals surface area contributed by atoms with Crippen molar-refractivity contribution in [1.29, 1.82) is 0 Å². The molecule has 2 aromatic rings. The molecule has 1 amide bonds. The van der Waals surface area contributed by atoms with Gasteiger partial charge in [-0.2, -0.15) is 0 Å². The Morgan fingerprint density at radius 1 is 1.38 bits per heavy atom. The van der Waals surface area contributed by atoms with Gasteiger partial charge in [0, 0.05) is 42.7 Å². The van der Waals surface area contributed by atoms with Crippen molar-refractivity contribution in [2.45, 2.75) is 38.8 Å². The molecule has 3 rings (SSSR count). The lowest BCUT2D eigenvalue weighted by Crippen LogP contribution is -2.40. The Labute approximate surface area is 143 Å². The highest BCUT2D eigenvalue weighted by molar-refractivity contribution is 5.82. The Bertz CT molecular complexity index is 695. The van der Waals surface area contributed by atoms with Crippen LogP contribution in [0.2, 0.25) is 0 Å². The minimum Gasteiger partial charge on any atom is -0.497 e. The van der Waals surface area contributed by atoms with Crippen LogP contribution < -0.4 is 10.1 Å². The number of benzene rings is 1. The summed E-state index contributed by atoms with van der Waals surface area (Å²) in [7, 11) is 1.67. The molecule has 1 aliphatic rings. The monoisotopic (exact) mass is 329 g/mol. The highest BCUT2D eigenvalue weighted by Gasteiger charge is 2.22. The predicted octanol–water partition coefficient (Wildman–Crippen LogP) is 2.64. The Kier molecular flexibility index (Phi) is 5.41. The normalized spacial score (nSPS) is 18.2. The van der Waals surface area contributed by atoms with E-state index in [2.05, 4.69) is 27.8 Å². The maximum atomic E-state index is 12.2. The van der Waals surface area contributed by atoms with Gasteiger partial charge in [-0.25, -0.2) is 0 Å². The fraction of sp³-hybridized carbons (Fsp3) is 0.526. The Morgan fingerprint density at radius 2 is 2.25 bits per heavy atom. The molecule has 1 fully saturated rings. The van der Waals surface area contributed by atoms with Crippen LogP contribution in [-0.4, -0.2) is 48.2 Å². The first-order valence-corrected chi connectivity index (χ1v) is 8.85. The standard InChI is InChI=1S/C19H27N3O2/c1-3-21-10-4-5-16(21)14-20-19(23)9-12-22-11-8-15-13-17(24-2)6-7-18(15)22/h6-8,11,13,16H,3-5,9-10,12,14H2,1-2H3,(H,20,23)/t16-/m0/s1. The van der Waals surface area contributed by atoms with Crippen LogP contribution in [0.1, 0.15) is 26.2 Å². The number of carbonyl (C=O) groups excluding carboxylic acids is 1. The number of methoxy groups -OCH3 is 1. The summed E-state index contributed by atoms with van der Waals surface area (Å²) in [4.78, 5) is 14.6. The number of amides is 1. The molecule has 0 spiro atoms. The van der Waals surface area contributed by atoms with Crippen molar-refractivity contribution in [2.24, 2.45) is 0 Å². The van der Waals surface area contributed by atoms with E-state index in [9.17, 15) is 4.79 Å². The summed E-state index contributed by atoms with van der Waals surface area (Å²) in [6, 6.07) is 8.60. The summed E-state index contributed by atoms with van der Waals surface area (Å²) in [6.45, 7) is 5.89. The zero-order valence-corrected chi connectivity index (χ0v) is 14.6. The molecule has 130 valence electrons. The number of fused-ring (bicyclic) bond motifs is 1. The van der Waals surface area contributed by atoms with E-state index in [1.165, 1.54) is 12.8 Å². The molecule has 0 unspecified atom stereocenters. The number of aryl methyl sites for hydroxylation is 1. The Morgan fingerprint density at radius 3 is 3.04 bits per heavy atom. The molecular weight excluding hydrogens is 302 g/mol. The number of carbonyl (C=O) groups is 1. The minimum absolute atomic E-state index is 0.133. The quantitative estimate of drug-likeness (QED) is 0.849. The van der Waals surface area contributed by atoms with Crippen molar-refractivity contribution in [1.82, 2.24) is 14.8 Å². The molecule has 0 saturated carbocycles. The van der Waals surface area contributed by atoms with Gasteiger partial charge in [-0.3, -0.25) is 9.69 Å². The zero-order valence-electron chi connectivity index (χ0n) is 14.6. The van der Waals surface area contributed by atoms with Crippen molar-refractivity contribution in [3.8, 4) is 5.75 Å². The van der Waals surface area contributed by atoms with Gasteiger partial charge in [0.2, 0.25) is 5.91 Å². The molecule has 1 saturated heterocycles. The first kappa shape index (κ1) is 16.8. The van der Waals surface area contributed by atoms with Gasteiger partial charge in [0.1, 0.15) is 5.75 Å². The van der Waals surface area contributed by atoms with Gasteiger partial charge in [-0.15, -0.1) is 0 Å². The molecule has 24 heavy (non-hydrogen) atoms. The number of rotatable bonds is 7. The van der Waals surface area contributed by atoms with Crippen LogP contribution in [-0.2, 0) is 11.3 Å². The summed E-state index contributed by atoms with van der Waals surface area (Å²) < 4.78 is 7.38. The van der Waals surface area contributed by atoms with Crippen LogP contribution in [0.3, 0.4) is 0 Å². The van der Waals surface area contributed by atoms with Gasteiger partial charge in [0.15, 0.2) is 0 Å². The number of nitrogens with one attached hydrogen (secondary N) is 1. The number of likely N-dealkylation sites (N-methyl/N-ethyl adjacent to an activating group) is 1. The smallest absolute Gasteiger partial charge is 0.221 e. The zero-order chi connectivity index (χ0) is 16.9. The summed E-state index contributed by atoms with van der Waals surface area (Å²) in [5.41, 5.74) is 1.14. The van der Waals surface area contributed by atoms with E-state index in [0.29, 0.717) is 19.0 Å². The molecule has 0 radical (unpaired) electrons. The number of ether oxygens (including phenoxy) is 1. The van der Waals surface area contributed by atoms with Crippen molar-refractivity contribution in [3.63, 3.8) is 0 Å². The number of hydrogen-bond donors (Lipinski definition) is 1. The maximum Gasteiger partial charge on any atom is 0.221 e. The van der Waals surface area contributed by atoms with Gasteiger partial charge in [-0.1, -0.05) is 6.92 Å². The highest BCUT2D eigenvalue weighted by Crippen LogP contribution is 2.22. The van der Waals surface area contributed by atoms with Crippen molar-refractivity contribution >= 4 is 16.8 Å². The molecule has 5 nitrogen and oxygen atoms in total. The third kappa shape index (κ3) is 3.73. The second-order valence-corrected chi connectivity index (χ2v) is 6.41. The third-order valence-electron chi connectivity index (χ3n) is 5.00. The van der Waals surface area contributed by atoms with Crippen LogP contribution in [0, 0.1) is 0 Å². The number of likely N-dealkylation sites (tertiary alicyclic amines) is 1. The molecule has 2 heterocycles. The summed E-state index contributed by atoms with van der Waals surface area (Å²) in [5, 5.41) is 4.24. The maximum absolute atomic E-state index is 12.2. The molecule has 1 atom stereocenters. The van der Waals surface area contributed by atoms with Gasteiger partial charge in [0.25, 0.3) is 0 Å². The molecule has 1 aromatic heterocycles. The van der Waals surface area contributed by atoms with Crippen LogP contribution in [0.4, 0.5) is 0 Å². The highest BCUT2D eigenvalue weighted by atomic mass is 16.5. The van der Waals surface area contributed by atoms with Gasteiger partial charge >= 0.3 is 0 Å². The first-order valence-electron chi connectivity index (χ1n) is 8.85. The molecule has 0 aliphatic carbocycles. The van der Waals surface area contributed by atoms with E-state index in [4.69, 9.17) is 4.74 Å². The summed E-state index contributed by atoms with van der Waals surface area (Å²) >= 11 is 0. The number of nitrogens with zero attached hydrogens (tertiary/aromatic N) is 2. The van der Waals surface area contributed by atoms with Gasteiger partial charge in [-0.05, 0) is 50.2 Å². The van der Waals surface area contributed by atoms with Crippen molar-refractivity contribution in [2.75, 3.05) is 26.7 Å². The molecule has 1 aliphatic heterocycles. The predicted molar refractivity (Wildman–Crippen MR) is 96.4 cm³/mol. The van der Waals surface area contributed by atoms with Gasteiger partial charge < -0.3 is 14.6 Å². The third-order valence-corrected chi connectivity index (χ3v) is 5.00. The molecule has 1 N–H and O–H groups in total. The van der Waals surface area contributed by atoms with E-state index in [-0.39, 0.29) is 5.91 Å². The van der Waals surface area contributed by atoms with E-state index < -0.39 is 0 Å². The summed E-state index contributed by atoms with van der Waals surface area (Å²) in [6.07, 6.45) is 4.98. The van der Waals surface area contributed by atoms with Crippen LogP contribution in [0.15, 0.2) is 30.5 Å². The van der Waals surface area contributed by atoms with Crippen LogP contribution >= 0.6 is 0 Å². The van der Waals surface area contributed by atoms with Crippen molar-refractivity contribution in [3.05, 3.63) is 30.5 Å². The van der Waals surface area contributed by atoms with E-state index in [1.807, 2.05) is 24.4 Å². The average Bonchev–Trinajstić information content (AvgIpc) is 3.23. The van der Waals surface area contributed by atoms with Crippen molar-refractivity contribution < 1.29 is 9.53 Å². The topological polar surface area (TPSA) is 46.5 Å². The number of hydrogen-bond acceptors (Lipinski definition) is 3. The lowest BCUT2D eigenvalue weighted by atomic mass is 10.2. The lowest BCUT2D eigenvalue weighted by molar-refractivity contribution is -0.121. The van der Waals surface area contributed by atoms with E-state index in [1.54, 1.807) is 7.11 Å². The van der Waals surface area contributed by atoms with E-state index in [0.717, 1.165) is 36.3 Å². The first-order chi connectivity index (χ1) is 11.7. The van der Waals surface area contributed by atoms with Crippen LogP contribution in [0.25, 0.3) is 10.9 Å². The fourth-order valence-corrected chi connectivity index (χ4v) is 3.58. The Balaban J connectivity index is 1.51. The average molecular weight is 329 g/mol. The summed E-state index contributed by atoms with van der Waals surface area (Å²) in [5.74, 6) is 0.989. The molecule has 5 heteroatoms. The van der Waals surface area contributed by atoms with Crippen LogP contribution in [0.5, 0.6) is 5.75 Å². The molecule has 0 bridgehead atoms. The second-order valence-electron chi connectivity index (χ2n) is 6.41. The SMILES string of the molecule is CCN1CCC[C@H]1CNC(=O)CCn1ccc2cc(OC)ccc21. The molecular formula is C19H27N3O2. The Hall–Kier alpha value is -2.01. The largest absolute Gasteiger partial charge is 0.497 e. The van der Waals surface area contributed by atoms with Gasteiger partial charge in [0.05, 0.1) is 7.11 Å².